The van der Waals surface area contributed by atoms with Gasteiger partial charge in [-0.2, -0.15) is 10.2 Å². The van der Waals surface area contributed by atoms with Crippen LogP contribution in [0.1, 0.15) is 0 Å². The second-order valence-corrected chi connectivity index (χ2v) is 3.00. The number of nitrogens with two attached hydrogens (primary N) is 1. The molecular formula is C9H11BN6. The van der Waals surface area contributed by atoms with Crippen LogP contribution in [0.3, 0.4) is 0 Å². The first kappa shape index (κ1) is 10.2. The molecule has 0 saturated heterocycles. The fourth-order valence-electron chi connectivity index (χ4n) is 1.27. The third-order valence-corrected chi connectivity index (χ3v) is 1.94. The summed E-state index contributed by atoms with van der Waals surface area (Å²) in [4.78, 5) is 4.31. The summed E-state index contributed by atoms with van der Waals surface area (Å²) in [6.45, 7) is 0. The summed E-state index contributed by atoms with van der Waals surface area (Å²) < 4.78 is 3.40. The van der Waals surface area contributed by atoms with Crippen molar-refractivity contribution in [3.8, 4) is 0 Å². The van der Waals surface area contributed by atoms with Crippen molar-refractivity contribution in [2.24, 2.45) is 10.6 Å². The monoisotopic (exact) mass is 214 g/mol. The molecule has 2 aromatic rings. The molecule has 0 aromatic carbocycles. The smallest absolute Gasteiger partial charge is 0.405 e. The van der Waals surface area contributed by atoms with Crippen LogP contribution in [0, 0.1) is 0 Å². The minimum absolute atomic E-state index is 0.318. The Morgan fingerprint density at radius 2 is 1.75 bits per heavy atom. The van der Waals surface area contributed by atoms with Crippen molar-refractivity contribution < 1.29 is 0 Å². The van der Waals surface area contributed by atoms with Gasteiger partial charge in [-0.05, 0) is 24.4 Å². The van der Waals surface area contributed by atoms with E-state index in [1.54, 1.807) is 33.9 Å². The zero-order valence-corrected chi connectivity index (χ0v) is 8.59. The van der Waals surface area contributed by atoms with E-state index in [0.717, 1.165) is 0 Å². The van der Waals surface area contributed by atoms with Gasteiger partial charge in [-0.15, -0.1) is 0 Å². The molecule has 0 radical (unpaired) electrons. The van der Waals surface area contributed by atoms with Crippen LogP contribution < -0.4 is 5.73 Å². The van der Waals surface area contributed by atoms with E-state index in [1.165, 1.54) is 6.20 Å². The van der Waals surface area contributed by atoms with Crippen LogP contribution in [0.15, 0.2) is 54.1 Å². The molecule has 0 aliphatic carbocycles. The number of nitrogens with zero attached hydrogens (tertiary/aromatic N) is 5. The lowest BCUT2D eigenvalue weighted by atomic mass is 9.97. The number of allylic oxidation sites excluding steroid dienone is 1. The third-order valence-electron chi connectivity index (χ3n) is 1.94. The SMILES string of the molecule is NC=CC=NB(n1cccn1)n1cccn1. The Morgan fingerprint density at radius 1 is 1.12 bits per heavy atom. The second kappa shape index (κ2) is 4.97. The molecule has 0 saturated carbocycles. The van der Waals surface area contributed by atoms with Gasteiger partial charge in [0.15, 0.2) is 0 Å². The maximum atomic E-state index is 5.24. The molecule has 7 heteroatoms. The van der Waals surface area contributed by atoms with Crippen LogP contribution in [0.2, 0.25) is 0 Å². The highest BCUT2D eigenvalue weighted by Crippen LogP contribution is 1.95. The van der Waals surface area contributed by atoms with Crippen LogP contribution in [0.4, 0.5) is 0 Å². The average Bonchev–Trinajstić information content (AvgIpc) is 2.97. The van der Waals surface area contributed by atoms with E-state index in [4.69, 9.17) is 5.73 Å². The van der Waals surface area contributed by atoms with Gasteiger partial charge in [-0.25, -0.2) is 0 Å². The zero-order chi connectivity index (χ0) is 11.2. The maximum Gasteiger partial charge on any atom is 0.566 e. The Hall–Kier alpha value is -2.31. The summed E-state index contributed by atoms with van der Waals surface area (Å²) in [5.41, 5.74) is 5.24. The maximum absolute atomic E-state index is 5.24. The minimum Gasteiger partial charge on any atom is -0.405 e. The number of rotatable bonds is 4. The molecule has 16 heavy (non-hydrogen) atoms. The molecule has 0 amide bonds. The van der Waals surface area contributed by atoms with Crippen molar-refractivity contribution in [2.45, 2.75) is 0 Å². The molecule has 0 aliphatic heterocycles. The standard InChI is InChI=1S/C9H11BN6/c11-4-1-5-12-10(15-8-2-6-13-15)16-9-3-7-14-16/h1-9H,11H2. The molecular weight excluding hydrogens is 203 g/mol. The highest BCUT2D eigenvalue weighted by atomic mass is 15.4. The topological polar surface area (TPSA) is 74.0 Å². The van der Waals surface area contributed by atoms with Crippen LogP contribution in [-0.4, -0.2) is 32.7 Å². The van der Waals surface area contributed by atoms with E-state index in [2.05, 4.69) is 15.1 Å². The van der Waals surface area contributed by atoms with Gasteiger partial charge in [-0.3, -0.25) is 14.1 Å². The fourth-order valence-corrected chi connectivity index (χ4v) is 1.27. The molecule has 0 bridgehead atoms. The summed E-state index contributed by atoms with van der Waals surface area (Å²) in [7, 11) is -0.318. The van der Waals surface area contributed by atoms with E-state index in [9.17, 15) is 0 Å². The molecule has 2 heterocycles. The number of aromatic nitrogens is 4. The zero-order valence-electron chi connectivity index (χ0n) is 8.59. The fraction of sp³-hybridized carbons (Fsp3) is 0. The van der Waals surface area contributed by atoms with Crippen molar-refractivity contribution >= 4 is 13.3 Å². The van der Waals surface area contributed by atoms with Gasteiger partial charge in [0.05, 0.1) is 0 Å². The largest absolute Gasteiger partial charge is 0.566 e. The van der Waals surface area contributed by atoms with Crippen molar-refractivity contribution in [2.75, 3.05) is 0 Å². The molecule has 2 rings (SSSR count). The quantitative estimate of drug-likeness (QED) is 0.575. The van der Waals surface area contributed by atoms with Gasteiger partial charge in [0.1, 0.15) is 0 Å². The number of hydrogen-bond donors (Lipinski definition) is 1. The Kier molecular flexibility index (Phi) is 3.17. The first-order valence-corrected chi connectivity index (χ1v) is 4.80. The summed E-state index contributed by atoms with van der Waals surface area (Å²) in [5, 5.41) is 8.28. The van der Waals surface area contributed by atoms with Crippen molar-refractivity contribution in [1.29, 1.82) is 0 Å². The molecule has 6 nitrogen and oxygen atoms in total. The Bertz CT molecular complexity index is 424. The van der Waals surface area contributed by atoms with E-state index < -0.39 is 0 Å². The molecule has 0 spiro atoms. The van der Waals surface area contributed by atoms with Gasteiger partial charge in [0, 0.05) is 31.0 Å². The Balaban J connectivity index is 2.27. The third kappa shape index (κ3) is 2.19. The lowest BCUT2D eigenvalue weighted by molar-refractivity contribution is 0.848. The van der Waals surface area contributed by atoms with Gasteiger partial charge < -0.3 is 5.73 Å². The second-order valence-electron chi connectivity index (χ2n) is 3.00. The minimum atomic E-state index is -0.318. The summed E-state index contributed by atoms with van der Waals surface area (Å²) in [6, 6.07) is 3.68. The van der Waals surface area contributed by atoms with Gasteiger partial charge in [0.25, 0.3) is 0 Å². The van der Waals surface area contributed by atoms with Crippen LogP contribution in [0.25, 0.3) is 0 Å². The normalized spacial score (nSPS) is 11.5. The molecule has 0 unspecified atom stereocenters. The van der Waals surface area contributed by atoms with Crippen LogP contribution in [0.5, 0.6) is 0 Å². The first-order chi connectivity index (χ1) is 7.92. The van der Waals surface area contributed by atoms with E-state index in [1.807, 2.05) is 24.5 Å². The van der Waals surface area contributed by atoms with Gasteiger partial charge >= 0.3 is 7.12 Å². The summed E-state index contributed by atoms with van der Waals surface area (Å²) in [5.74, 6) is 0. The van der Waals surface area contributed by atoms with Crippen LogP contribution in [-0.2, 0) is 0 Å². The van der Waals surface area contributed by atoms with Crippen molar-refractivity contribution in [3.63, 3.8) is 0 Å². The summed E-state index contributed by atoms with van der Waals surface area (Å²) >= 11 is 0. The van der Waals surface area contributed by atoms with Crippen LogP contribution >= 0.6 is 0 Å². The van der Waals surface area contributed by atoms with E-state index in [0.29, 0.717) is 0 Å². The van der Waals surface area contributed by atoms with Crippen molar-refractivity contribution in [3.05, 3.63) is 49.2 Å². The predicted molar refractivity (Wildman–Crippen MR) is 62.8 cm³/mol. The first-order valence-electron chi connectivity index (χ1n) is 4.80. The Labute approximate surface area is 93.2 Å². The molecule has 0 fully saturated rings. The number of hydrogen-bond acceptors (Lipinski definition) is 4. The highest BCUT2D eigenvalue weighted by Gasteiger charge is 2.20. The Morgan fingerprint density at radius 3 is 2.19 bits per heavy atom. The highest BCUT2D eigenvalue weighted by molar-refractivity contribution is 6.54. The lowest BCUT2D eigenvalue weighted by Gasteiger charge is -2.07. The summed E-state index contributed by atoms with van der Waals surface area (Å²) in [6.07, 6.45) is 11.8. The molecule has 2 N–H and O–H groups in total. The van der Waals surface area contributed by atoms with Gasteiger partial charge in [-0.1, -0.05) is 0 Å². The van der Waals surface area contributed by atoms with Crippen molar-refractivity contribution in [1.82, 2.24) is 19.4 Å². The van der Waals surface area contributed by atoms with Gasteiger partial charge in [0.2, 0.25) is 0 Å². The van der Waals surface area contributed by atoms with E-state index >= 15 is 0 Å². The molecule has 80 valence electrons. The molecule has 2 aromatic heterocycles. The molecule has 0 aliphatic rings. The average molecular weight is 214 g/mol. The molecule has 0 atom stereocenters. The van der Waals surface area contributed by atoms with E-state index in [-0.39, 0.29) is 7.12 Å². The predicted octanol–water partition coefficient (Wildman–Crippen LogP) is 0.00410. The lowest BCUT2D eigenvalue weighted by Crippen LogP contribution is -2.33.